The Bertz CT molecular complexity index is 2800. The number of hydrogen-bond donors (Lipinski definition) is 7. The van der Waals surface area contributed by atoms with Crippen LogP contribution >= 0.6 is 23.5 Å². The van der Waals surface area contributed by atoms with Gasteiger partial charge in [-0.3, -0.25) is 23.7 Å². The molecule has 1 aromatic heterocycles. The van der Waals surface area contributed by atoms with E-state index >= 15 is 0 Å². The van der Waals surface area contributed by atoms with Crippen LogP contribution in [0.15, 0.2) is 68.5 Å². The molecule has 0 saturated carbocycles. The monoisotopic (exact) mass is 1030 g/mol. The van der Waals surface area contributed by atoms with E-state index in [0.29, 0.717) is 13.2 Å². The minimum absolute atomic E-state index is 0.0702. The highest BCUT2D eigenvalue weighted by molar-refractivity contribution is 7.66. The zero-order valence-corrected chi connectivity index (χ0v) is 38.7. The van der Waals surface area contributed by atoms with Gasteiger partial charge in [0.1, 0.15) is 30.6 Å². The fraction of sp³-hybridized carbons (Fsp3) is 0.417. The molecule has 1 fully saturated rings. The maximum atomic E-state index is 13.5. The number of benzene rings is 2. The van der Waals surface area contributed by atoms with Crippen molar-refractivity contribution in [2.45, 2.75) is 50.8 Å². The number of carbonyl (C=O) groups excluding carboxylic acids is 3. The van der Waals surface area contributed by atoms with E-state index in [0.717, 1.165) is 10.8 Å². The third-order valence-corrected chi connectivity index (χ3v) is 12.8. The number of ether oxygens (including phenoxy) is 5. The molecule has 0 aliphatic carbocycles. The molecule has 5 unspecified atom stereocenters. The van der Waals surface area contributed by atoms with Gasteiger partial charge in [-0.25, -0.2) is 28.1 Å². The van der Waals surface area contributed by atoms with Gasteiger partial charge in [-0.15, -0.1) is 0 Å². The van der Waals surface area contributed by atoms with Crippen LogP contribution in [0, 0.1) is 11.8 Å². The molecular formula is C36H43N10O20P3. The summed E-state index contributed by atoms with van der Waals surface area (Å²) in [7, 11) is -17.4. The van der Waals surface area contributed by atoms with Crippen molar-refractivity contribution in [3.05, 3.63) is 118 Å². The number of aromatic amines is 1. The third kappa shape index (κ3) is 17.5. The number of nitrogens with two attached hydrogens (primary N) is 1. The van der Waals surface area contributed by atoms with Crippen molar-refractivity contribution in [2.75, 3.05) is 51.5 Å². The van der Waals surface area contributed by atoms with Crippen molar-refractivity contribution in [2.24, 2.45) is 16.0 Å². The Labute approximate surface area is 388 Å². The van der Waals surface area contributed by atoms with Crippen molar-refractivity contribution in [3.8, 4) is 11.8 Å². The average Bonchev–Trinajstić information content (AvgIpc) is 3.66. The first kappa shape index (κ1) is 55.6. The number of aromatic nitrogens is 2. The van der Waals surface area contributed by atoms with Crippen LogP contribution in [0.4, 0.5) is 5.69 Å². The number of nitrogens with one attached hydrogen (secondary N) is 2. The predicted molar refractivity (Wildman–Crippen MR) is 233 cm³/mol. The number of amides is 1. The average molecular weight is 1030 g/mol. The summed E-state index contributed by atoms with van der Waals surface area (Å²) in [5.41, 5.74) is 21.3. The molecule has 7 atom stereocenters. The molecule has 1 aliphatic heterocycles. The fourth-order valence-electron chi connectivity index (χ4n) is 6.08. The molecule has 1 amide bonds. The van der Waals surface area contributed by atoms with Gasteiger partial charge in [0.05, 0.1) is 49.6 Å². The molecule has 1 saturated heterocycles. The van der Waals surface area contributed by atoms with E-state index < -0.39 is 108 Å². The van der Waals surface area contributed by atoms with Gasteiger partial charge in [0.15, 0.2) is 6.61 Å². The molecule has 30 nitrogen and oxygen atoms in total. The summed E-state index contributed by atoms with van der Waals surface area (Å²) in [6.45, 7) is 1.88. The van der Waals surface area contributed by atoms with Gasteiger partial charge in [0.25, 0.3) is 5.56 Å². The van der Waals surface area contributed by atoms with E-state index in [1.54, 1.807) is 6.07 Å². The lowest BCUT2D eigenvalue weighted by atomic mass is 10.0. The van der Waals surface area contributed by atoms with Gasteiger partial charge in [-0.2, -0.15) is 8.62 Å². The van der Waals surface area contributed by atoms with Crippen molar-refractivity contribution >= 4 is 47.0 Å². The van der Waals surface area contributed by atoms with Crippen molar-refractivity contribution in [3.63, 3.8) is 0 Å². The van der Waals surface area contributed by atoms with Crippen molar-refractivity contribution < 1.29 is 84.5 Å². The standard InChI is InChI=1S/C36H43N10O20P3/c1-21(42-44-38)25-7-3-4-8-26(25)35(50)64-29-17-32(63-30(29)19-62-68(55,56)66-69(57,58)65-67(52,53)54)46-18-23(33(48)41-36(46)51)6-5-12-61-34(49)27-10-9-24(16-28(27)22(2)43-45-39)40-31(47)20-60-15-14-59-13-11-37/h3-4,7-10,16,18,21-22,29-30,32H,11-15,17,19-20,37H2,1-2H3,(H,40,47)(H,55,56)(H,57,58)(H,41,48,51)(H2,52,53,54)/t21?,22?,29?,30-,32-/m1/s1. The molecule has 3 aromatic rings. The number of carbonyl (C=O) groups is 3. The van der Waals surface area contributed by atoms with Crippen LogP contribution in [0.1, 0.15) is 76.0 Å². The second kappa shape index (κ2) is 25.5. The second-order valence-electron chi connectivity index (χ2n) is 13.9. The molecule has 2 heterocycles. The van der Waals surface area contributed by atoms with Crippen LogP contribution in [0.3, 0.4) is 0 Å². The van der Waals surface area contributed by atoms with E-state index in [9.17, 15) is 47.5 Å². The van der Waals surface area contributed by atoms with Gasteiger partial charge < -0.3 is 54.3 Å². The van der Waals surface area contributed by atoms with Crippen LogP contribution in [0.2, 0.25) is 0 Å². The maximum absolute atomic E-state index is 13.5. The van der Waals surface area contributed by atoms with Crippen LogP contribution in [0.25, 0.3) is 20.9 Å². The Hall–Kier alpha value is -6.04. The summed E-state index contributed by atoms with van der Waals surface area (Å²) in [6.07, 6.45) is -4.17. The lowest BCUT2D eigenvalue weighted by molar-refractivity contribution is -0.121. The first-order valence-electron chi connectivity index (χ1n) is 19.7. The second-order valence-corrected chi connectivity index (χ2v) is 18.4. The Morgan fingerprint density at radius 2 is 1.61 bits per heavy atom. The normalized spacial score (nSPS) is 18.1. The Kier molecular flexibility index (Phi) is 20.6. The molecule has 0 bridgehead atoms. The molecule has 2 aromatic carbocycles. The van der Waals surface area contributed by atoms with E-state index in [1.165, 1.54) is 50.2 Å². The molecule has 0 spiro atoms. The van der Waals surface area contributed by atoms with Crippen LogP contribution < -0.4 is 22.3 Å². The van der Waals surface area contributed by atoms with Crippen LogP contribution in [0.5, 0.6) is 0 Å². The van der Waals surface area contributed by atoms with Gasteiger partial charge in [0, 0.05) is 34.7 Å². The summed E-state index contributed by atoms with van der Waals surface area (Å²) in [5, 5.41) is 9.79. The van der Waals surface area contributed by atoms with Crippen LogP contribution in [-0.4, -0.2) is 105 Å². The molecule has 1 aliphatic rings. The highest BCUT2D eigenvalue weighted by Gasteiger charge is 2.44. The largest absolute Gasteiger partial charge is 0.490 e. The zero-order valence-electron chi connectivity index (χ0n) is 36.0. The highest BCUT2D eigenvalue weighted by atomic mass is 31.3. The summed E-state index contributed by atoms with van der Waals surface area (Å²) < 4.78 is 75.7. The SMILES string of the molecule is CC(N=[N+]=[N-])c1cc(NC(=O)COCCOCCN)ccc1C(=O)OCC#Cc1cn([C@H]2CC(OC(=O)c3ccccc3C(C)N=[N+]=[N-])[C@@H](COP(=O)(O)OP(=O)(O)OP(=O)(O)O)O2)c(=O)[nH]c1=O. The number of azide groups is 2. The molecular weight excluding hydrogens is 985 g/mol. The molecule has 4 rings (SSSR count). The lowest BCUT2D eigenvalue weighted by Crippen LogP contribution is -2.33. The highest BCUT2D eigenvalue weighted by Crippen LogP contribution is 2.66. The number of rotatable bonds is 24. The quantitative estimate of drug-likeness (QED) is 0.0129. The molecule has 69 heavy (non-hydrogen) atoms. The number of hydrogen-bond acceptors (Lipinski definition) is 19. The van der Waals surface area contributed by atoms with Crippen LogP contribution in [-0.2, 0) is 55.3 Å². The smallest absolute Gasteiger partial charge is 0.456 e. The Morgan fingerprint density at radius 3 is 2.29 bits per heavy atom. The first-order valence-corrected chi connectivity index (χ1v) is 24.2. The summed E-state index contributed by atoms with van der Waals surface area (Å²) >= 11 is 0. The predicted octanol–water partition coefficient (Wildman–Crippen LogP) is 3.27. The van der Waals surface area contributed by atoms with E-state index in [1.807, 2.05) is 4.98 Å². The zero-order chi connectivity index (χ0) is 50.9. The lowest BCUT2D eigenvalue weighted by Gasteiger charge is -2.21. The number of phosphoric ester groups is 1. The number of phosphoric acid groups is 3. The Morgan fingerprint density at radius 1 is 0.942 bits per heavy atom. The summed E-state index contributed by atoms with van der Waals surface area (Å²) in [5.74, 6) is 2.35. The van der Waals surface area contributed by atoms with Crippen molar-refractivity contribution in [1.82, 2.24) is 9.55 Å². The van der Waals surface area contributed by atoms with Gasteiger partial charge in [-0.05, 0) is 46.5 Å². The minimum Gasteiger partial charge on any atom is -0.456 e. The number of anilines is 1. The fourth-order valence-corrected chi connectivity index (χ4v) is 9.11. The number of esters is 2. The first-order chi connectivity index (χ1) is 32.6. The molecule has 33 heteroatoms. The van der Waals surface area contributed by atoms with E-state index in [2.05, 4.69) is 45.8 Å². The summed E-state index contributed by atoms with van der Waals surface area (Å²) in [4.78, 5) is 110. The third-order valence-electron chi connectivity index (χ3n) is 8.99. The van der Waals surface area contributed by atoms with Crippen molar-refractivity contribution in [1.29, 1.82) is 0 Å². The Balaban J connectivity index is 1.54. The number of H-pyrrole nitrogens is 1. The molecule has 372 valence electrons. The van der Waals surface area contributed by atoms with Gasteiger partial charge in [-0.1, -0.05) is 54.1 Å². The topological polar surface area (TPSA) is 448 Å². The maximum Gasteiger partial charge on any atom is 0.490 e. The van der Waals surface area contributed by atoms with Gasteiger partial charge >= 0.3 is 41.1 Å². The van der Waals surface area contributed by atoms with Gasteiger partial charge in [0.2, 0.25) is 5.91 Å². The molecule has 8 N–H and O–H groups in total. The minimum atomic E-state index is -5.95. The number of nitrogens with zero attached hydrogens (tertiary/aromatic N) is 7. The molecule has 0 radical (unpaired) electrons. The summed E-state index contributed by atoms with van der Waals surface area (Å²) in [6, 6.07) is 8.06. The van der Waals surface area contributed by atoms with E-state index in [-0.39, 0.29) is 47.8 Å². The van der Waals surface area contributed by atoms with E-state index in [4.69, 9.17) is 54.8 Å².